The quantitative estimate of drug-likeness (QED) is 0.689. The van der Waals surface area contributed by atoms with E-state index in [9.17, 15) is 0 Å². The summed E-state index contributed by atoms with van der Waals surface area (Å²) >= 11 is 0. The van der Waals surface area contributed by atoms with Gasteiger partial charge in [-0.2, -0.15) is 0 Å². The number of nitrogen functional groups attached to an aromatic ring is 1. The zero-order chi connectivity index (χ0) is 15.4. The lowest BCUT2D eigenvalue weighted by Gasteiger charge is -2.13. The number of benzene rings is 3. The van der Waals surface area contributed by atoms with Gasteiger partial charge in [0.25, 0.3) is 0 Å². The molecule has 0 amide bonds. The summed E-state index contributed by atoms with van der Waals surface area (Å²) in [7, 11) is 0. The van der Waals surface area contributed by atoms with Gasteiger partial charge in [0.2, 0.25) is 0 Å². The summed E-state index contributed by atoms with van der Waals surface area (Å²) in [5.41, 5.74) is 10.2. The Balaban J connectivity index is 1.90. The van der Waals surface area contributed by atoms with E-state index in [2.05, 4.69) is 30.3 Å². The molecule has 0 saturated heterocycles. The number of ether oxygens (including phenoxy) is 1. The largest absolute Gasteiger partial charge is 0.455 e. The first-order valence-electron chi connectivity index (χ1n) is 7.38. The number of anilines is 1. The number of para-hydroxylation sites is 1. The second-order valence-corrected chi connectivity index (χ2v) is 5.41. The van der Waals surface area contributed by atoms with Crippen molar-refractivity contribution < 1.29 is 4.74 Å². The van der Waals surface area contributed by atoms with Crippen LogP contribution >= 0.6 is 0 Å². The van der Waals surface area contributed by atoms with Crippen LogP contribution in [0.1, 0.15) is 16.7 Å². The molecule has 0 heterocycles. The Morgan fingerprint density at radius 3 is 2.36 bits per heavy atom. The van der Waals surface area contributed by atoms with Crippen LogP contribution in [0.2, 0.25) is 0 Å². The summed E-state index contributed by atoms with van der Waals surface area (Å²) in [6.45, 7) is 2.03. The molecule has 2 N–H and O–H groups in total. The van der Waals surface area contributed by atoms with E-state index in [1.807, 2.05) is 49.4 Å². The average molecular weight is 289 g/mol. The smallest absolute Gasteiger partial charge is 0.150 e. The maximum Gasteiger partial charge on any atom is 0.150 e. The van der Waals surface area contributed by atoms with Crippen LogP contribution in [0.4, 0.5) is 5.69 Å². The second kappa shape index (κ2) is 6.35. The summed E-state index contributed by atoms with van der Waals surface area (Å²) in [4.78, 5) is 0. The van der Waals surface area contributed by atoms with Crippen LogP contribution in [0.3, 0.4) is 0 Å². The van der Waals surface area contributed by atoms with E-state index in [0.717, 1.165) is 23.3 Å². The molecule has 0 fully saturated rings. The van der Waals surface area contributed by atoms with Crippen LogP contribution in [0.15, 0.2) is 72.8 Å². The topological polar surface area (TPSA) is 35.2 Å². The minimum absolute atomic E-state index is 0.653. The first-order chi connectivity index (χ1) is 10.7. The van der Waals surface area contributed by atoms with Gasteiger partial charge in [-0.3, -0.25) is 0 Å². The third-order valence-electron chi connectivity index (χ3n) is 3.60. The van der Waals surface area contributed by atoms with Crippen LogP contribution in [-0.2, 0) is 6.42 Å². The number of nitrogens with two attached hydrogens (primary N) is 1. The van der Waals surface area contributed by atoms with Crippen molar-refractivity contribution in [2.45, 2.75) is 13.3 Å². The highest BCUT2D eigenvalue weighted by atomic mass is 16.5. The molecule has 0 aromatic heterocycles. The molecule has 110 valence electrons. The molecule has 0 radical (unpaired) electrons. The Labute approximate surface area is 131 Å². The van der Waals surface area contributed by atoms with Crippen LogP contribution in [0.25, 0.3) is 0 Å². The molecule has 2 nitrogen and oxygen atoms in total. The molecule has 0 aliphatic heterocycles. The molecule has 3 rings (SSSR count). The SMILES string of the molecule is Cc1ccc(N)c(Oc2ccccc2Cc2ccccc2)c1. The number of aryl methyl sites for hydroxylation is 1. The summed E-state index contributed by atoms with van der Waals surface area (Å²) < 4.78 is 6.07. The van der Waals surface area contributed by atoms with Crippen molar-refractivity contribution in [1.82, 2.24) is 0 Å². The van der Waals surface area contributed by atoms with Gasteiger partial charge < -0.3 is 10.5 Å². The highest BCUT2D eigenvalue weighted by Crippen LogP contribution is 2.31. The summed E-state index contributed by atoms with van der Waals surface area (Å²) in [5, 5.41) is 0. The third-order valence-corrected chi connectivity index (χ3v) is 3.60. The lowest BCUT2D eigenvalue weighted by atomic mass is 10.0. The van der Waals surface area contributed by atoms with Gasteiger partial charge in [-0.25, -0.2) is 0 Å². The Morgan fingerprint density at radius 1 is 0.818 bits per heavy atom. The van der Waals surface area contributed by atoms with E-state index in [-0.39, 0.29) is 0 Å². The lowest BCUT2D eigenvalue weighted by molar-refractivity contribution is 0.479. The molecular weight excluding hydrogens is 270 g/mol. The highest BCUT2D eigenvalue weighted by Gasteiger charge is 2.08. The molecule has 0 unspecified atom stereocenters. The predicted molar refractivity (Wildman–Crippen MR) is 91.4 cm³/mol. The summed E-state index contributed by atoms with van der Waals surface area (Å²) in [6.07, 6.45) is 0.836. The van der Waals surface area contributed by atoms with Crippen molar-refractivity contribution in [3.63, 3.8) is 0 Å². The molecule has 0 aliphatic rings. The molecule has 0 bridgehead atoms. The van der Waals surface area contributed by atoms with Gasteiger partial charge >= 0.3 is 0 Å². The van der Waals surface area contributed by atoms with Crippen LogP contribution in [0.5, 0.6) is 11.5 Å². The Morgan fingerprint density at radius 2 is 1.55 bits per heavy atom. The Hall–Kier alpha value is -2.74. The van der Waals surface area contributed by atoms with Crippen LogP contribution < -0.4 is 10.5 Å². The van der Waals surface area contributed by atoms with Gasteiger partial charge in [0.1, 0.15) is 5.75 Å². The molecular formula is C20H19NO. The number of rotatable bonds is 4. The summed E-state index contributed by atoms with van der Waals surface area (Å²) in [5.74, 6) is 1.56. The maximum absolute atomic E-state index is 6.07. The standard InChI is InChI=1S/C20H19NO/c1-15-11-12-18(21)20(13-15)22-19-10-6-5-9-17(19)14-16-7-3-2-4-8-16/h2-13H,14,21H2,1H3. The van der Waals surface area contributed by atoms with Crippen LogP contribution in [0, 0.1) is 6.92 Å². The lowest BCUT2D eigenvalue weighted by Crippen LogP contribution is -1.96. The summed E-state index contributed by atoms with van der Waals surface area (Å²) in [6, 6.07) is 24.3. The molecule has 0 atom stereocenters. The van der Waals surface area contributed by atoms with Gasteiger partial charge in [-0.05, 0) is 41.8 Å². The van der Waals surface area contributed by atoms with E-state index in [0.29, 0.717) is 11.4 Å². The fourth-order valence-corrected chi connectivity index (χ4v) is 2.41. The fraction of sp³-hybridized carbons (Fsp3) is 0.100. The highest BCUT2D eigenvalue weighted by molar-refractivity contribution is 5.56. The monoisotopic (exact) mass is 289 g/mol. The van der Waals surface area contributed by atoms with Crippen molar-refractivity contribution >= 4 is 5.69 Å². The molecule has 3 aromatic rings. The third kappa shape index (κ3) is 3.29. The molecule has 2 heteroatoms. The van der Waals surface area contributed by atoms with Crippen molar-refractivity contribution in [2.75, 3.05) is 5.73 Å². The van der Waals surface area contributed by atoms with Crippen molar-refractivity contribution in [2.24, 2.45) is 0 Å². The first-order valence-corrected chi connectivity index (χ1v) is 7.38. The number of hydrogen-bond acceptors (Lipinski definition) is 2. The van der Waals surface area contributed by atoms with Crippen molar-refractivity contribution in [3.05, 3.63) is 89.5 Å². The van der Waals surface area contributed by atoms with Gasteiger partial charge in [-0.15, -0.1) is 0 Å². The van der Waals surface area contributed by atoms with Gasteiger partial charge in [0, 0.05) is 6.42 Å². The minimum atomic E-state index is 0.653. The van der Waals surface area contributed by atoms with E-state index >= 15 is 0 Å². The predicted octanol–water partition coefficient (Wildman–Crippen LogP) is 4.96. The maximum atomic E-state index is 6.07. The van der Waals surface area contributed by atoms with E-state index in [4.69, 9.17) is 10.5 Å². The second-order valence-electron chi connectivity index (χ2n) is 5.41. The van der Waals surface area contributed by atoms with E-state index in [1.165, 1.54) is 5.56 Å². The molecule has 0 aliphatic carbocycles. The van der Waals surface area contributed by atoms with Crippen molar-refractivity contribution in [3.8, 4) is 11.5 Å². The minimum Gasteiger partial charge on any atom is -0.455 e. The number of hydrogen-bond donors (Lipinski definition) is 1. The fourth-order valence-electron chi connectivity index (χ4n) is 2.41. The van der Waals surface area contributed by atoms with Gasteiger partial charge in [0.05, 0.1) is 5.69 Å². The van der Waals surface area contributed by atoms with Gasteiger partial charge in [0.15, 0.2) is 5.75 Å². The normalized spacial score (nSPS) is 10.4. The van der Waals surface area contributed by atoms with E-state index < -0.39 is 0 Å². The molecule has 0 saturated carbocycles. The van der Waals surface area contributed by atoms with E-state index in [1.54, 1.807) is 0 Å². The average Bonchev–Trinajstić information content (AvgIpc) is 2.54. The molecule has 3 aromatic carbocycles. The van der Waals surface area contributed by atoms with Crippen molar-refractivity contribution in [1.29, 1.82) is 0 Å². The Kier molecular flexibility index (Phi) is 4.10. The molecule has 22 heavy (non-hydrogen) atoms. The first kappa shape index (κ1) is 14.2. The zero-order valence-electron chi connectivity index (χ0n) is 12.6. The Bertz CT molecular complexity index is 766. The van der Waals surface area contributed by atoms with Crippen LogP contribution in [-0.4, -0.2) is 0 Å². The van der Waals surface area contributed by atoms with Gasteiger partial charge in [-0.1, -0.05) is 54.6 Å². The zero-order valence-corrected chi connectivity index (χ0v) is 12.6. The molecule has 0 spiro atoms.